The number of ether oxygens (including phenoxy) is 1. The van der Waals surface area contributed by atoms with Crippen LogP contribution in [0.2, 0.25) is 0 Å². The Labute approximate surface area is 290 Å². The van der Waals surface area contributed by atoms with Crippen LogP contribution in [0.4, 0.5) is 18.0 Å². The van der Waals surface area contributed by atoms with Crippen molar-refractivity contribution in [2.24, 2.45) is 33.5 Å². The molecule has 2 aromatic rings. The zero-order valence-electron chi connectivity index (χ0n) is 29.1. The predicted molar refractivity (Wildman–Crippen MR) is 179 cm³/mol. The van der Waals surface area contributed by atoms with Gasteiger partial charge in [-0.1, -0.05) is 44.2 Å². The number of halogens is 3. The quantitative estimate of drug-likeness (QED) is 0.194. The summed E-state index contributed by atoms with van der Waals surface area (Å²) in [4.78, 5) is 29.7. The van der Waals surface area contributed by atoms with Crippen LogP contribution in [0.15, 0.2) is 70.9 Å². The lowest BCUT2D eigenvalue weighted by atomic mass is 9.32. The van der Waals surface area contributed by atoms with Gasteiger partial charge in [-0.2, -0.15) is 0 Å². The minimum Gasteiger partial charge on any atom is -0.461 e. The highest BCUT2D eigenvalue weighted by Gasteiger charge is 2.74. The first-order valence-electron chi connectivity index (χ1n) is 17.8. The Balaban J connectivity index is 1.25. The Kier molecular flexibility index (Phi) is 8.18. The molecule has 8 atom stereocenters. The Morgan fingerprint density at radius 3 is 2.36 bits per heavy atom. The van der Waals surface area contributed by atoms with Crippen molar-refractivity contribution in [1.29, 1.82) is 0 Å². The molecule has 8 nitrogen and oxygen atoms in total. The van der Waals surface area contributed by atoms with E-state index in [2.05, 4.69) is 42.1 Å². The number of carbonyl (C=O) groups excluding carboxylic acids is 2. The molecule has 11 heteroatoms. The van der Waals surface area contributed by atoms with E-state index in [1.807, 2.05) is 13.8 Å². The number of alkyl halides is 3. The van der Waals surface area contributed by atoms with Crippen LogP contribution in [-0.2, 0) is 6.54 Å². The largest absolute Gasteiger partial charge is 0.573 e. The second kappa shape index (κ2) is 11.7. The molecule has 3 N–H and O–H groups in total. The van der Waals surface area contributed by atoms with Crippen molar-refractivity contribution >= 4 is 11.8 Å². The van der Waals surface area contributed by atoms with Crippen LogP contribution in [-0.4, -0.2) is 57.6 Å². The Morgan fingerprint density at radius 1 is 1.02 bits per heavy atom. The number of rotatable bonds is 8. The van der Waals surface area contributed by atoms with E-state index in [0.717, 1.165) is 12.8 Å². The fourth-order valence-electron chi connectivity index (χ4n) is 11.0. The molecule has 2 spiro atoms. The molecule has 50 heavy (non-hydrogen) atoms. The van der Waals surface area contributed by atoms with Gasteiger partial charge in [-0.3, -0.25) is 4.79 Å². The molecule has 6 aliphatic carbocycles. The number of furan rings is 1. The molecule has 2 bridgehead atoms. The van der Waals surface area contributed by atoms with Crippen LogP contribution in [0.3, 0.4) is 0 Å². The van der Waals surface area contributed by atoms with Crippen LogP contribution in [0, 0.1) is 33.5 Å². The molecule has 0 radical (unpaired) electrons. The number of carbonyl (C=O) groups is 2. The van der Waals surface area contributed by atoms with Crippen LogP contribution in [0.25, 0.3) is 0 Å². The number of amides is 2. The first-order valence-corrected chi connectivity index (χ1v) is 17.8. The van der Waals surface area contributed by atoms with Crippen molar-refractivity contribution in [2.45, 2.75) is 103 Å². The molecule has 8 unspecified atom stereocenters. The molecular formula is C39H47F3N2O6. The summed E-state index contributed by atoms with van der Waals surface area (Å²) >= 11 is 0. The molecule has 1 heterocycles. The molecule has 2 amide bonds. The third-order valence-corrected chi connectivity index (χ3v) is 13.4. The number of urea groups is 1. The van der Waals surface area contributed by atoms with Crippen molar-refractivity contribution in [3.8, 4) is 5.75 Å². The Morgan fingerprint density at radius 2 is 1.70 bits per heavy atom. The number of nitrogens with one attached hydrogen (secondary N) is 1. The number of hydrogen-bond acceptors (Lipinski definition) is 6. The zero-order chi connectivity index (χ0) is 35.9. The van der Waals surface area contributed by atoms with Gasteiger partial charge < -0.3 is 29.6 Å². The van der Waals surface area contributed by atoms with Gasteiger partial charge in [-0.15, -0.1) is 13.2 Å². The monoisotopic (exact) mass is 696 g/mol. The normalized spacial score (nSPS) is 37.1. The number of fused-ring (bicyclic) bond motifs is 1. The Bertz CT molecular complexity index is 1700. The van der Waals surface area contributed by atoms with Gasteiger partial charge in [0.05, 0.1) is 24.5 Å². The molecule has 3 fully saturated rings. The number of aliphatic hydroxyl groups is 2. The van der Waals surface area contributed by atoms with Gasteiger partial charge in [-0.25, -0.2) is 4.79 Å². The fourth-order valence-corrected chi connectivity index (χ4v) is 11.0. The Hall–Kier alpha value is -3.57. The highest BCUT2D eigenvalue weighted by Crippen LogP contribution is 2.78. The molecule has 0 aliphatic heterocycles. The second-order valence-corrected chi connectivity index (χ2v) is 16.3. The molecule has 3 saturated carbocycles. The lowest BCUT2D eigenvalue weighted by Crippen LogP contribution is -2.67. The van der Waals surface area contributed by atoms with Crippen molar-refractivity contribution in [2.75, 3.05) is 6.54 Å². The van der Waals surface area contributed by atoms with Crippen LogP contribution in [0.1, 0.15) is 88.8 Å². The first kappa shape index (κ1) is 34.9. The maximum atomic E-state index is 14.4. The van der Waals surface area contributed by atoms with E-state index >= 15 is 0 Å². The van der Waals surface area contributed by atoms with E-state index < -0.39 is 34.3 Å². The number of allylic oxidation sites excluding steroid dienone is 4. The maximum absolute atomic E-state index is 14.4. The minimum absolute atomic E-state index is 0.00237. The second-order valence-electron chi connectivity index (χ2n) is 16.3. The smallest absolute Gasteiger partial charge is 0.461 e. The summed E-state index contributed by atoms with van der Waals surface area (Å²) in [5.41, 5.74) is -2.09. The average molecular weight is 697 g/mol. The summed E-state index contributed by atoms with van der Waals surface area (Å²) in [7, 11) is 0. The highest BCUT2D eigenvalue weighted by atomic mass is 19.4. The topological polar surface area (TPSA) is 112 Å². The van der Waals surface area contributed by atoms with Crippen LogP contribution < -0.4 is 10.1 Å². The first-order chi connectivity index (χ1) is 23.5. The van der Waals surface area contributed by atoms with E-state index in [0.29, 0.717) is 43.2 Å². The predicted octanol–water partition coefficient (Wildman–Crippen LogP) is 7.57. The maximum Gasteiger partial charge on any atom is 0.573 e. The van der Waals surface area contributed by atoms with Crippen LogP contribution in [0.5, 0.6) is 5.75 Å². The van der Waals surface area contributed by atoms with Crippen molar-refractivity contribution < 1.29 is 42.1 Å². The number of hydrogen-bond donors (Lipinski definition) is 3. The van der Waals surface area contributed by atoms with Gasteiger partial charge in [0.2, 0.25) is 5.78 Å². The van der Waals surface area contributed by atoms with Crippen molar-refractivity contribution in [1.82, 2.24) is 10.2 Å². The number of aliphatic hydroxyl groups excluding tert-OH is 1. The van der Waals surface area contributed by atoms with E-state index in [1.165, 1.54) is 30.5 Å². The van der Waals surface area contributed by atoms with E-state index in [4.69, 9.17) is 4.42 Å². The molecule has 8 rings (SSSR count). The minimum atomic E-state index is -4.82. The fraction of sp³-hybridized carbons (Fsp3) is 0.590. The summed E-state index contributed by atoms with van der Waals surface area (Å²) < 4.78 is 48.1. The molecule has 270 valence electrons. The molecule has 1 aromatic heterocycles. The summed E-state index contributed by atoms with van der Waals surface area (Å²) in [5.74, 6) is -0.281. The lowest BCUT2D eigenvalue weighted by molar-refractivity contribution is -0.274. The molecule has 1 aromatic carbocycles. The van der Waals surface area contributed by atoms with E-state index in [9.17, 15) is 33.0 Å². The third-order valence-electron chi connectivity index (χ3n) is 13.4. The van der Waals surface area contributed by atoms with Gasteiger partial charge in [0.15, 0.2) is 5.76 Å². The van der Waals surface area contributed by atoms with Crippen molar-refractivity contribution in [3.63, 3.8) is 0 Å². The lowest BCUT2D eigenvalue weighted by Gasteiger charge is -2.71. The van der Waals surface area contributed by atoms with Crippen LogP contribution >= 0.6 is 0 Å². The van der Waals surface area contributed by atoms with E-state index in [1.54, 1.807) is 17.0 Å². The van der Waals surface area contributed by atoms with E-state index in [-0.39, 0.29) is 59.7 Å². The molecular weight excluding hydrogens is 649 g/mol. The van der Waals surface area contributed by atoms with Gasteiger partial charge in [0.25, 0.3) is 0 Å². The molecule has 6 aliphatic rings. The number of benzene rings is 1. The van der Waals surface area contributed by atoms with Gasteiger partial charge in [0.1, 0.15) is 5.75 Å². The highest BCUT2D eigenvalue weighted by molar-refractivity contribution is 6.08. The number of Topliss-reactive ketones (excluding diaryl/α,β-unsaturated/α-hetero) is 1. The van der Waals surface area contributed by atoms with Gasteiger partial charge in [0, 0.05) is 34.4 Å². The average Bonchev–Trinajstić information content (AvgIpc) is 3.67. The number of ketones is 1. The number of nitrogens with zero attached hydrogens (tertiary/aromatic N) is 1. The molecule has 0 saturated heterocycles. The summed E-state index contributed by atoms with van der Waals surface area (Å²) in [6.07, 6.45) is 7.38. The van der Waals surface area contributed by atoms with Gasteiger partial charge in [-0.05, 0) is 106 Å². The zero-order valence-corrected chi connectivity index (χ0v) is 29.1. The summed E-state index contributed by atoms with van der Waals surface area (Å²) in [5, 5.41) is 26.7. The van der Waals surface area contributed by atoms with Gasteiger partial charge >= 0.3 is 12.4 Å². The summed E-state index contributed by atoms with van der Waals surface area (Å²) in [6, 6.07) is 8.24. The SMILES string of the molecule is CC(C)NC(=O)N(Cc1ccc(OC(F)(F)F)cc1)CC1(O)CCC2C34C=CC5(C=C3C(=O)c3ccco3)CC(O)CCC5(C)C4CCC21C. The summed E-state index contributed by atoms with van der Waals surface area (Å²) in [6.45, 7) is 8.17. The standard InChI is InChI=1S/C39H47F3N2O6/c1-24(2)43-33(47)44(22-25-7-9-27(10-8-25)50-39(40,41)42)23-37(48)16-13-31-35(37,4)15-12-30-34(3)14-11-26(45)20-36(34)17-18-38(30,31)28(21-36)32(46)29-6-5-19-49-29/h5-10,17-19,21,24,26,30-31,45,48H,11-16,20,22-23H2,1-4H3,(H,43,47). The third kappa shape index (κ3) is 5.24. The van der Waals surface area contributed by atoms with Crippen molar-refractivity contribution in [3.05, 3.63) is 77.8 Å².